The molecule has 2 N–H and O–H groups in total. The maximum atomic E-state index is 12.4. The number of nitrogens with one attached hydrogen (secondary N) is 1. The van der Waals surface area contributed by atoms with Crippen LogP contribution in [-0.2, 0) is 11.2 Å². The van der Waals surface area contributed by atoms with Crippen LogP contribution in [0.15, 0.2) is 36.4 Å². The second-order valence-electron chi connectivity index (χ2n) is 5.68. The third-order valence-electron chi connectivity index (χ3n) is 3.93. The molecule has 0 fully saturated rings. The Kier molecular flexibility index (Phi) is 5.43. The van der Waals surface area contributed by atoms with E-state index < -0.39 is 5.92 Å². The molecule has 5 heteroatoms. The number of phenols is 1. The average Bonchev–Trinajstić information content (AvgIpc) is 2.57. The van der Waals surface area contributed by atoms with Crippen LogP contribution in [0, 0.1) is 31.1 Å². The van der Waals surface area contributed by atoms with Crippen LogP contribution >= 0.6 is 0 Å². The molecule has 0 aliphatic heterocycles. The molecule has 2 rings (SSSR count). The summed E-state index contributed by atoms with van der Waals surface area (Å²) in [5, 5.41) is 21.7. The Morgan fingerprint density at radius 1 is 1.25 bits per heavy atom. The molecule has 2 aromatic carbocycles. The fraction of sp³-hybridized carbons (Fsp3) is 0.263. The average molecular weight is 324 g/mol. The first kappa shape index (κ1) is 17.4. The van der Waals surface area contributed by atoms with E-state index in [1.54, 1.807) is 12.1 Å². The maximum absolute atomic E-state index is 12.4. The molecule has 1 amide bonds. The zero-order valence-corrected chi connectivity index (χ0v) is 14.0. The van der Waals surface area contributed by atoms with E-state index in [1.165, 1.54) is 13.2 Å². The minimum atomic E-state index is -0.833. The number of anilines is 1. The Morgan fingerprint density at radius 3 is 2.62 bits per heavy atom. The molecular formula is C19H20N2O3. The minimum Gasteiger partial charge on any atom is -0.504 e. The third-order valence-corrected chi connectivity index (χ3v) is 3.93. The van der Waals surface area contributed by atoms with E-state index in [0.29, 0.717) is 11.4 Å². The number of ether oxygens (including phenoxy) is 1. The number of nitrogens with zero attached hydrogens (tertiary/aromatic N) is 1. The van der Waals surface area contributed by atoms with E-state index in [-0.39, 0.29) is 18.1 Å². The van der Waals surface area contributed by atoms with Crippen molar-refractivity contribution in [3.8, 4) is 17.6 Å². The Balaban J connectivity index is 2.11. The number of phenolic OH excluding ortho intramolecular Hbond substituents is 1. The van der Waals surface area contributed by atoms with Gasteiger partial charge in [0.15, 0.2) is 11.5 Å². The lowest BCUT2D eigenvalue weighted by Crippen LogP contribution is -2.23. The number of benzene rings is 2. The van der Waals surface area contributed by atoms with Gasteiger partial charge in [0.05, 0.1) is 13.2 Å². The molecule has 0 saturated heterocycles. The lowest BCUT2D eigenvalue weighted by Gasteiger charge is -2.12. The summed E-state index contributed by atoms with van der Waals surface area (Å²) in [6.07, 6.45) is 0.240. The van der Waals surface area contributed by atoms with E-state index in [1.807, 2.05) is 38.1 Å². The number of methoxy groups -OCH3 is 1. The topological polar surface area (TPSA) is 82.3 Å². The van der Waals surface area contributed by atoms with Gasteiger partial charge in [-0.2, -0.15) is 5.26 Å². The lowest BCUT2D eigenvalue weighted by molar-refractivity contribution is -0.118. The number of hydrogen-bond acceptors (Lipinski definition) is 4. The van der Waals surface area contributed by atoms with Crippen molar-refractivity contribution >= 4 is 11.6 Å². The van der Waals surface area contributed by atoms with Gasteiger partial charge in [-0.3, -0.25) is 4.79 Å². The molecular weight excluding hydrogens is 304 g/mol. The molecule has 0 unspecified atom stereocenters. The SMILES string of the molecule is COc1cc(C[C@H](C#N)C(=O)Nc2ccc(C)c(C)c2)ccc1O. The molecule has 0 radical (unpaired) electrons. The van der Waals surface area contributed by atoms with Crippen molar-refractivity contribution in [2.24, 2.45) is 5.92 Å². The van der Waals surface area contributed by atoms with E-state index >= 15 is 0 Å². The van der Waals surface area contributed by atoms with Gasteiger partial charge in [-0.25, -0.2) is 0 Å². The highest BCUT2D eigenvalue weighted by Gasteiger charge is 2.19. The van der Waals surface area contributed by atoms with Crippen LogP contribution in [0.4, 0.5) is 5.69 Å². The van der Waals surface area contributed by atoms with Crippen molar-refractivity contribution in [1.82, 2.24) is 0 Å². The van der Waals surface area contributed by atoms with E-state index in [0.717, 1.165) is 16.7 Å². The quantitative estimate of drug-likeness (QED) is 0.883. The highest BCUT2D eigenvalue weighted by Crippen LogP contribution is 2.27. The molecule has 5 nitrogen and oxygen atoms in total. The molecule has 0 heterocycles. The van der Waals surface area contributed by atoms with Gasteiger partial charge in [0, 0.05) is 5.69 Å². The number of amides is 1. The highest BCUT2D eigenvalue weighted by atomic mass is 16.5. The van der Waals surface area contributed by atoms with Crippen LogP contribution in [0.5, 0.6) is 11.5 Å². The maximum Gasteiger partial charge on any atom is 0.242 e. The van der Waals surface area contributed by atoms with Crippen LogP contribution in [0.1, 0.15) is 16.7 Å². The number of aryl methyl sites for hydroxylation is 2. The molecule has 0 spiro atoms. The van der Waals surface area contributed by atoms with Gasteiger partial charge in [-0.05, 0) is 61.2 Å². The van der Waals surface area contributed by atoms with Gasteiger partial charge in [0.2, 0.25) is 5.91 Å². The van der Waals surface area contributed by atoms with Crippen LogP contribution in [-0.4, -0.2) is 18.1 Å². The number of aromatic hydroxyl groups is 1. The molecule has 24 heavy (non-hydrogen) atoms. The van der Waals surface area contributed by atoms with Gasteiger partial charge < -0.3 is 15.2 Å². The summed E-state index contributed by atoms with van der Waals surface area (Å²) >= 11 is 0. The van der Waals surface area contributed by atoms with Gasteiger partial charge >= 0.3 is 0 Å². The lowest BCUT2D eigenvalue weighted by atomic mass is 9.99. The van der Waals surface area contributed by atoms with Gasteiger partial charge in [-0.1, -0.05) is 12.1 Å². The Bertz CT molecular complexity index is 794. The molecule has 0 bridgehead atoms. The molecule has 0 aliphatic rings. The van der Waals surface area contributed by atoms with Crippen molar-refractivity contribution in [2.75, 3.05) is 12.4 Å². The Hall–Kier alpha value is -3.00. The largest absolute Gasteiger partial charge is 0.504 e. The first-order valence-corrected chi connectivity index (χ1v) is 7.58. The molecule has 0 saturated carbocycles. The van der Waals surface area contributed by atoms with Gasteiger partial charge in [-0.15, -0.1) is 0 Å². The summed E-state index contributed by atoms with van der Waals surface area (Å²) in [6, 6.07) is 12.4. The number of carbonyl (C=O) groups excluding carboxylic acids is 1. The second-order valence-corrected chi connectivity index (χ2v) is 5.68. The van der Waals surface area contributed by atoms with Crippen LogP contribution in [0.3, 0.4) is 0 Å². The summed E-state index contributed by atoms with van der Waals surface area (Å²) in [6.45, 7) is 3.96. The minimum absolute atomic E-state index is 0.0225. The predicted molar refractivity (Wildman–Crippen MR) is 92.0 cm³/mol. The van der Waals surface area contributed by atoms with Crippen molar-refractivity contribution in [3.63, 3.8) is 0 Å². The zero-order valence-electron chi connectivity index (χ0n) is 14.0. The second kappa shape index (κ2) is 7.51. The van der Waals surface area contributed by atoms with E-state index in [9.17, 15) is 15.2 Å². The van der Waals surface area contributed by atoms with Crippen LogP contribution in [0.25, 0.3) is 0 Å². The summed E-state index contributed by atoms with van der Waals surface area (Å²) in [5.41, 5.74) is 3.63. The Morgan fingerprint density at radius 2 is 2.00 bits per heavy atom. The molecule has 1 atom stereocenters. The van der Waals surface area contributed by atoms with E-state index in [4.69, 9.17) is 4.74 Å². The smallest absolute Gasteiger partial charge is 0.242 e. The monoisotopic (exact) mass is 324 g/mol. The van der Waals surface area contributed by atoms with E-state index in [2.05, 4.69) is 5.32 Å². The van der Waals surface area contributed by atoms with Crippen molar-refractivity contribution in [3.05, 3.63) is 53.1 Å². The van der Waals surface area contributed by atoms with Gasteiger partial charge in [0.1, 0.15) is 5.92 Å². The number of rotatable bonds is 5. The molecule has 2 aromatic rings. The first-order chi connectivity index (χ1) is 11.4. The molecule has 0 aliphatic carbocycles. The summed E-state index contributed by atoms with van der Waals surface area (Å²) in [4.78, 5) is 12.4. The fourth-order valence-corrected chi connectivity index (χ4v) is 2.33. The van der Waals surface area contributed by atoms with Crippen LogP contribution < -0.4 is 10.1 Å². The predicted octanol–water partition coefficient (Wildman–Crippen LogP) is 3.34. The van der Waals surface area contributed by atoms with Gasteiger partial charge in [0.25, 0.3) is 0 Å². The summed E-state index contributed by atoms with van der Waals surface area (Å²) in [5.74, 6) is -0.846. The van der Waals surface area contributed by atoms with Crippen LogP contribution in [0.2, 0.25) is 0 Å². The first-order valence-electron chi connectivity index (χ1n) is 7.58. The Labute approximate surface area is 141 Å². The number of hydrogen-bond donors (Lipinski definition) is 2. The number of nitriles is 1. The van der Waals surface area contributed by atoms with Crippen molar-refractivity contribution < 1.29 is 14.6 Å². The zero-order chi connectivity index (χ0) is 17.7. The third kappa shape index (κ3) is 4.05. The normalized spacial score (nSPS) is 11.4. The fourth-order valence-electron chi connectivity index (χ4n) is 2.33. The summed E-state index contributed by atoms with van der Waals surface area (Å²) in [7, 11) is 1.45. The molecule has 124 valence electrons. The number of carbonyl (C=O) groups is 1. The van der Waals surface area contributed by atoms with Crippen molar-refractivity contribution in [2.45, 2.75) is 20.3 Å². The highest BCUT2D eigenvalue weighted by molar-refractivity contribution is 5.94. The summed E-state index contributed by atoms with van der Waals surface area (Å²) < 4.78 is 5.05. The standard InChI is InChI=1S/C19H20N2O3/c1-12-4-6-16(8-13(12)2)21-19(23)15(11-20)9-14-5-7-17(22)18(10-14)24-3/h4-8,10,15,22H,9H2,1-3H3,(H,21,23)/t15-/m1/s1. The molecule has 0 aromatic heterocycles. The van der Waals surface area contributed by atoms with Crippen molar-refractivity contribution in [1.29, 1.82) is 5.26 Å².